The molecular weight excluding hydrogens is 328 g/mol. The number of nitrogens with one attached hydrogen (secondary N) is 1. The first-order valence-electron chi connectivity index (χ1n) is 8.99. The van der Waals surface area contributed by atoms with Gasteiger partial charge in [-0.05, 0) is 49.2 Å². The highest BCUT2D eigenvalue weighted by atomic mass is 16.2. The minimum absolute atomic E-state index is 0.0826. The molecule has 2 aromatic carbocycles. The summed E-state index contributed by atoms with van der Waals surface area (Å²) >= 11 is 0. The fourth-order valence-corrected chi connectivity index (χ4v) is 3.90. The van der Waals surface area contributed by atoms with Gasteiger partial charge in [-0.2, -0.15) is 0 Å². The Morgan fingerprint density at radius 3 is 2.00 bits per heavy atom. The second-order valence-electron chi connectivity index (χ2n) is 6.88. The quantitative estimate of drug-likeness (QED) is 0.862. The largest absolute Gasteiger partial charge is 0.322 e. The SMILES string of the molecule is O=C(Nc1ccc(N2C(=O)C3CCCCC3C2=O)cc1)c1ccccc1. The molecule has 2 fully saturated rings. The topological polar surface area (TPSA) is 66.5 Å². The van der Waals surface area contributed by atoms with Gasteiger partial charge in [0.15, 0.2) is 0 Å². The van der Waals surface area contributed by atoms with E-state index in [-0.39, 0.29) is 29.6 Å². The van der Waals surface area contributed by atoms with Crippen LogP contribution < -0.4 is 10.2 Å². The monoisotopic (exact) mass is 348 g/mol. The maximum absolute atomic E-state index is 12.6. The van der Waals surface area contributed by atoms with Crippen molar-refractivity contribution in [1.29, 1.82) is 0 Å². The van der Waals surface area contributed by atoms with E-state index >= 15 is 0 Å². The first-order chi connectivity index (χ1) is 12.6. The second kappa shape index (κ2) is 6.75. The molecule has 1 saturated heterocycles. The number of hydrogen-bond acceptors (Lipinski definition) is 3. The molecule has 0 bridgehead atoms. The van der Waals surface area contributed by atoms with E-state index in [2.05, 4.69) is 5.32 Å². The van der Waals surface area contributed by atoms with Gasteiger partial charge in [-0.3, -0.25) is 19.3 Å². The number of amides is 3. The maximum atomic E-state index is 12.6. The van der Waals surface area contributed by atoms with Crippen LogP contribution in [-0.2, 0) is 9.59 Å². The van der Waals surface area contributed by atoms with Crippen LogP contribution in [0.25, 0.3) is 0 Å². The average Bonchev–Trinajstić information content (AvgIpc) is 2.94. The van der Waals surface area contributed by atoms with Gasteiger partial charge in [0.25, 0.3) is 5.91 Å². The predicted molar refractivity (Wildman–Crippen MR) is 98.8 cm³/mol. The molecule has 5 heteroatoms. The molecule has 1 N–H and O–H groups in total. The van der Waals surface area contributed by atoms with Gasteiger partial charge in [-0.25, -0.2) is 0 Å². The average molecular weight is 348 g/mol. The number of rotatable bonds is 3. The van der Waals surface area contributed by atoms with Crippen molar-refractivity contribution >= 4 is 29.1 Å². The lowest BCUT2D eigenvalue weighted by atomic mass is 9.81. The molecule has 0 radical (unpaired) electrons. The summed E-state index contributed by atoms with van der Waals surface area (Å²) in [6.07, 6.45) is 3.63. The van der Waals surface area contributed by atoms with E-state index in [4.69, 9.17) is 0 Å². The number of nitrogens with zero attached hydrogens (tertiary/aromatic N) is 1. The molecule has 132 valence electrons. The van der Waals surface area contributed by atoms with Crippen LogP contribution >= 0.6 is 0 Å². The lowest BCUT2D eigenvalue weighted by Gasteiger charge is -2.19. The summed E-state index contributed by atoms with van der Waals surface area (Å²) in [5.41, 5.74) is 1.77. The second-order valence-corrected chi connectivity index (χ2v) is 6.88. The van der Waals surface area contributed by atoms with Gasteiger partial charge in [-0.1, -0.05) is 31.0 Å². The summed E-state index contributed by atoms with van der Waals surface area (Å²) in [5, 5.41) is 2.82. The number of fused-ring (bicyclic) bond motifs is 1. The van der Waals surface area contributed by atoms with Crippen molar-refractivity contribution in [3.8, 4) is 0 Å². The fraction of sp³-hybridized carbons (Fsp3) is 0.286. The van der Waals surface area contributed by atoms with Crippen LogP contribution in [-0.4, -0.2) is 17.7 Å². The first kappa shape index (κ1) is 16.5. The number of carbonyl (C=O) groups excluding carboxylic acids is 3. The van der Waals surface area contributed by atoms with E-state index in [0.717, 1.165) is 25.7 Å². The van der Waals surface area contributed by atoms with E-state index < -0.39 is 0 Å². The van der Waals surface area contributed by atoms with Crippen LogP contribution in [0.15, 0.2) is 54.6 Å². The predicted octanol–water partition coefficient (Wildman–Crippen LogP) is 3.62. The van der Waals surface area contributed by atoms with Crippen molar-refractivity contribution < 1.29 is 14.4 Å². The van der Waals surface area contributed by atoms with Gasteiger partial charge >= 0.3 is 0 Å². The van der Waals surface area contributed by atoms with E-state index in [9.17, 15) is 14.4 Å². The van der Waals surface area contributed by atoms with E-state index in [1.165, 1.54) is 4.90 Å². The summed E-state index contributed by atoms with van der Waals surface area (Å²) in [7, 11) is 0. The standard InChI is InChI=1S/C21H20N2O3/c24-19(14-6-2-1-3-7-14)22-15-10-12-16(13-11-15)23-20(25)17-8-4-5-9-18(17)21(23)26/h1-3,6-7,10-13,17-18H,4-5,8-9H2,(H,22,24). The van der Waals surface area contributed by atoms with Crippen LogP contribution in [0.3, 0.4) is 0 Å². The highest BCUT2D eigenvalue weighted by molar-refractivity contribution is 6.22. The van der Waals surface area contributed by atoms with Gasteiger partial charge in [-0.15, -0.1) is 0 Å². The molecule has 0 aromatic heterocycles. The summed E-state index contributed by atoms with van der Waals surface area (Å²) in [5.74, 6) is -0.679. The van der Waals surface area contributed by atoms with Gasteiger partial charge in [0.1, 0.15) is 0 Å². The molecule has 1 heterocycles. The zero-order valence-electron chi connectivity index (χ0n) is 14.4. The Hall–Kier alpha value is -2.95. The highest BCUT2D eigenvalue weighted by Crippen LogP contribution is 2.40. The number of anilines is 2. The van der Waals surface area contributed by atoms with Crippen molar-refractivity contribution in [3.63, 3.8) is 0 Å². The van der Waals surface area contributed by atoms with Crippen molar-refractivity contribution in [3.05, 3.63) is 60.2 Å². The Morgan fingerprint density at radius 2 is 1.42 bits per heavy atom. The number of hydrogen-bond donors (Lipinski definition) is 1. The van der Waals surface area contributed by atoms with Crippen molar-refractivity contribution in [1.82, 2.24) is 0 Å². The molecule has 1 aliphatic heterocycles. The lowest BCUT2D eigenvalue weighted by Crippen LogP contribution is -2.30. The smallest absolute Gasteiger partial charge is 0.255 e. The Kier molecular flexibility index (Phi) is 4.29. The van der Waals surface area contributed by atoms with Gasteiger partial charge in [0.05, 0.1) is 17.5 Å². The Morgan fingerprint density at radius 1 is 0.846 bits per heavy atom. The summed E-state index contributed by atoms with van der Waals surface area (Å²) in [6.45, 7) is 0. The summed E-state index contributed by atoms with van der Waals surface area (Å²) < 4.78 is 0. The normalized spacial score (nSPS) is 22.2. The van der Waals surface area contributed by atoms with Gasteiger partial charge in [0.2, 0.25) is 11.8 Å². The van der Waals surface area contributed by atoms with E-state index in [1.807, 2.05) is 18.2 Å². The molecule has 2 aliphatic rings. The van der Waals surface area contributed by atoms with Gasteiger partial charge in [0, 0.05) is 11.3 Å². The summed E-state index contributed by atoms with van der Waals surface area (Å²) in [4.78, 5) is 38.8. The zero-order chi connectivity index (χ0) is 18.1. The van der Waals surface area contributed by atoms with Crippen LogP contribution in [0, 0.1) is 11.8 Å². The number of benzene rings is 2. The van der Waals surface area contributed by atoms with Gasteiger partial charge < -0.3 is 5.32 Å². The molecule has 5 nitrogen and oxygen atoms in total. The molecule has 4 rings (SSSR count). The molecule has 26 heavy (non-hydrogen) atoms. The van der Waals surface area contributed by atoms with Crippen molar-refractivity contribution in [2.45, 2.75) is 25.7 Å². The Balaban J connectivity index is 1.50. The van der Waals surface area contributed by atoms with Crippen LogP contribution in [0.1, 0.15) is 36.0 Å². The molecule has 2 atom stereocenters. The minimum atomic E-state index is -0.197. The molecule has 2 aromatic rings. The maximum Gasteiger partial charge on any atom is 0.255 e. The third kappa shape index (κ3) is 2.90. The van der Waals surface area contributed by atoms with E-state index in [0.29, 0.717) is 16.9 Å². The first-order valence-corrected chi connectivity index (χ1v) is 8.99. The van der Waals surface area contributed by atoms with Crippen LogP contribution in [0.5, 0.6) is 0 Å². The third-order valence-electron chi connectivity index (χ3n) is 5.26. The molecule has 1 saturated carbocycles. The van der Waals surface area contributed by atoms with Crippen molar-refractivity contribution in [2.24, 2.45) is 11.8 Å². The van der Waals surface area contributed by atoms with E-state index in [1.54, 1.807) is 36.4 Å². The summed E-state index contributed by atoms with van der Waals surface area (Å²) in [6, 6.07) is 15.8. The number of carbonyl (C=O) groups is 3. The minimum Gasteiger partial charge on any atom is -0.322 e. The van der Waals surface area contributed by atoms with Crippen molar-refractivity contribution in [2.75, 3.05) is 10.2 Å². The molecule has 1 aliphatic carbocycles. The molecular formula is C21H20N2O3. The molecule has 3 amide bonds. The molecule has 0 spiro atoms. The fourth-order valence-electron chi connectivity index (χ4n) is 3.90. The lowest BCUT2D eigenvalue weighted by molar-refractivity contribution is -0.122. The Labute approximate surface area is 152 Å². The third-order valence-corrected chi connectivity index (χ3v) is 5.26. The van der Waals surface area contributed by atoms with Crippen LogP contribution in [0.4, 0.5) is 11.4 Å². The van der Waals surface area contributed by atoms with Crippen LogP contribution in [0.2, 0.25) is 0 Å². The Bertz CT molecular complexity index is 821. The zero-order valence-corrected chi connectivity index (χ0v) is 14.4. The number of imide groups is 1. The molecule has 2 unspecified atom stereocenters. The highest BCUT2D eigenvalue weighted by Gasteiger charge is 2.48.